The maximum absolute atomic E-state index is 12.4. The lowest BCUT2D eigenvalue weighted by molar-refractivity contribution is -0.160. The number of hydrogen-bond donors (Lipinski definition) is 0. The van der Waals surface area contributed by atoms with Crippen LogP contribution in [-0.4, -0.2) is 62.5 Å². The molecule has 28 heavy (non-hydrogen) atoms. The first kappa shape index (κ1) is 22.2. The van der Waals surface area contributed by atoms with Crippen LogP contribution in [0.25, 0.3) is 0 Å². The van der Waals surface area contributed by atoms with Crippen LogP contribution >= 0.6 is 0 Å². The summed E-state index contributed by atoms with van der Waals surface area (Å²) in [6.07, 6.45) is -0.605. The van der Waals surface area contributed by atoms with E-state index in [9.17, 15) is 18.0 Å². The predicted octanol–water partition coefficient (Wildman–Crippen LogP) is 1.94. The predicted molar refractivity (Wildman–Crippen MR) is 106 cm³/mol. The van der Waals surface area contributed by atoms with Crippen molar-refractivity contribution in [2.75, 3.05) is 25.2 Å². The number of amides is 1. The van der Waals surface area contributed by atoms with Crippen LogP contribution in [0.4, 0.5) is 0 Å². The van der Waals surface area contributed by atoms with Crippen molar-refractivity contribution >= 4 is 21.7 Å². The van der Waals surface area contributed by atoms with Gasteiger partial charge in [0.25, 0.3) is 5.91 Å². The molecular formula is C20H29NO6S. The zero-order chi connectivity index (χ0) is 21.1. The lowest BCUT2D eigenvalue weighted by atomic mass is 9.87. The Hall–Kier alpha value is -2.09. The molecule has 0 bridgehead atoms. The first-order valence-corrected chi connectivity index (χ1v) is 11.1. The third-order valence-corrected chi connectivity index (χ3v) is 6.59. The molecule has 8 heteroatoms. The van der Waals surface area contributed by atoms with Crippen molar-refractivity contribution in [3.63, 3.8) is 0 Å². The SMILES string of the molecule is CC(OC(=O)COc1ccc(C(C)(C)C)cc1)C(=O)N(C)C1CCS(=O)(=O)C1. The van der Waals surface area contributed by atoms with Crippen LogP contribution in [0.1, 0.15) is 39.7 Å². The van der Waals surface area contributed by atoms with Gasteiger partial charge < -0.3 is 14.4 Å². The molecule has 1 saturated heterocycles. The number of carbonyl (C=O) groups excluding carboxylic acids is 2. The molecule has 0 N–H and O–H groups in total. The molecule has 1 aromatic rings. The first-order valence-electron chi connectivity index (χ1n) is 9.29. The van der Waals surface area contributed by atoms with Crippen LogP contribution in [-0.2, 0) is 29.6 Å². The second-order valence-corrected chi connectivity index (χ2v) is 10.4. The van der Waals surface area contributed by atoms with Crippen molar-refractivity contribution in [2.24, 2.45) is 0 Å². The van der Waals surface area contributed by atoms with E-state index in [1.54, 1.807) is 12.1 Å². The van der Waals surface area contributed by atoms with Gasteiger partial charge in [-0.1, -0.05) is 32.9 Å². The van der Waals surface area contributed by atoms with E-state index in [0.717, 1.165) is 5.56 Å². The molecule has 1 amide bonds. The molecule has 0 aromatic heterocycles. The van der Waals surface area contributed by atoms with Crippen molar-refractivity contribution < 1.29 is 27.5 Å². The Balaban J connectivity index is 1.82. The van der Waals surface area contributed by atoms with Gasteiger partial charge in [-0.15, -0.1) is 0 Å². The Kier molecular flexibility index (Phi) is 6.75. The summed E-state index contributed by atoms with van der Waals surface area (Å²) in [5, 5.41) is 0. The molecule has 1 aliphatic rings. The lowest BCUT2D eigenvalue weighted by Gasteiger charge is -2.26. The quantitative estimate of drug-likeness (QED) is 0.665. The molecule has 1 aromatic carbocycles. The van der Waals surface area contributed by atoms with Gasteiger partial charge in [0.05, 0.1) is 11.5 Å². The van der Waals surface area contributed by atoms with E-state index in [1.165, 1.54) is 18.9 Å². The number of hydrogen-bond acceptors (Lipinski definition) is 6. The van der Waals surface area contributed by atoms with Gasteiger partial charge in [-0.2, -0.15) is 0 Å². The standard InChI is InChI=1S/C20H29NO6S/c1-14(19(23)21(5)16-10-11-28(24,25)13-16)27-18(22)12-26-17-8-6-15(7-9-17)20(2,3)4/h6-9,14,16H,10-13H2,1-5H3. The van der Waals surface area contributed by atoms with Crippen molar-refractivity contribution in [3.8, 4) is 5.75 Å². The minimum absolute atomic E-state index is 0.0257. The van der Waals surface area contributed by atoms with Gasteiger partial charge in [0.15, 0.2) is 22.5 Å². The number of esters is 1. The highest BCUT2D eigenvalue weighted by atomic mass is 32.2. The molecule has 7 nitrogen and oxygen atoms in total. The summed E-state index contributed by atoms with van der Waals surface area (Å²) in [7, 11) is -1.56. The van der Waals surface area contributed by atoms with Crippen LogP contribution in [0.2, 0.25) is 0 Å². The van der Waals surface area contributed by atoms with E-state index in [0.29, 0.717) is 12.2 Å². The Morgan fingerprint density at radius 3 is 2.32 bits per heavy atom. The Bertz CT molecular complexity index is 810. The summed E-state index contributed by atoms with van der Waals surface area (Å²) < 4.78 is 33.7. The summed E-state index contributed by atoms with van der Waals surface area (Å²) >= 11 is 0. The second-order valence-electron chi connectivity index (χ2n) is 8.20. The largest absolute Gasteiger partial charge is 0.482 e. The third-order valence-electron chi connectivity index (χ3n) is 4.84. The van der Waals surface area contributed by atoms with Crippen LogP contribution in [0.15, 0.2) is 24.3 Å². The molecule has 156 valence electrons. The molecule has 1 aliphatic heterocycles. The smallest absolute Gasteiger partial charge is 0.344 e. The average Bonchev–Trinajstić information content (AvgIpc) is 2.98. The molecule has 2 unspecified atom stereocenters. The van der Waals surface area contributed by atoms with Crippen molar-refractivity contribution in [3.05, 3.63) is 29.8 Å². The van der Waals surface area contributed by atoms with E-state index < -0.39 is 27.8 Å². The second kappa shape index (κ2) is 8.51. The van der Waals surface area contributed by atoms with Gasteiger partial charge in [0.1, 0.15) is 5.75 Å². The number of rotatable bonds is 6. The number of likely N-dealkylation sites (N-methyl/N-ethyl adjacent to an activating group) is 1. The zero-order valence-corrected chi connectivity index (χ0v) is 17.9. The maximum atomic E-state index is 12.4. The zero-order valence-electron chi connectivity index (χ0n) is 17.1. The van der Waals surface area contributed by atoms with E-state index in [2.05, 4.69) is 20.8 Å². The van der Waals surface area contributed by atoms with Crippen LogP contribution in [0, 0.1) is 0 Å². The fourth-order valence-electron chi connectivity index (χ4n) is 3.02. The number of carbonyl (C=O) groups is 2. The highest BCUT2D eigenvalue weighted by Gasteiger charge is 2.34. The Labute approximate surface area is 166 Å². The lowest BCUT2D eigenvalue weighted by Crippen LogP contribution is -2.44. The molecule has 1 heterocycles. The fraction of sp³-hybridized carbons (Fsp3) is 0.600. The van der Waals surface area contributed by atoms with Crippen LogP contribution in [0.3, 0.4) is 0 Å². The number of ether oxygens (including phenoxy) is 2. The van der Waals surface area contributed by atoms with Gasteiger partial charge in [-0.05, 0) is 36.5 Å². The first-order chi connectivity index (χ1) is 12.9. The van der Waals surface area contributed by atoms with Crippen LogP contribution < -0.4 is 4.74 Å². The van der Waals surface area contributed by atoms with E-state index in [-0.39, 0.29) is 29.6 Å². The van der Waals surface area contributed by atoms with Gasteiger partial charge in [-0.25, -0.2) is 13.2 Å². The molecule has 0 aliphatic carbocycles. The minimum Gasteiger partial charge on any atom is -0.482 e. The van der Waals surface area contributed by atoms with Crippen molar-refractivity contribution in [1.29, 1.82) is 0 Å². The molecular weight excluding hydrogens is 382 g/mol. The van der Waals surface area contributed by atoms with Gasteiger partial charge >= 0.3 is 5.97 Å². The molecule has 2 atom stereocenters. The number of benzene rings is 1. The monoisotopic (exact) mass is 411 g/mol. The average molecular weight is 412 g/mol. The minimum atomic E-state index is -3.10. The fourth-order valence-corrected chi connectivity index (χ4v) is 4.80. The number of sulfone groups is 1. The molecule has 0 radical (unpaired) electrons. The maximum Gasteiger partial charge on any atom is 0.344 e. The summed E-state index contributed by atoms with van der Waals surface area (Å²) in [4.78, 5) is 25.7. The summed E-state index contributed by atoms with van der Waals surface area (Å²) in [6, 6.07) is 7.08. The molecule has 1 fully saturated rings. The van der Waals surface area contributed by atoms with E-state index >= 15 is 0 Å². The summed E-state index contributed by atoms with van der Waals surface area (Å²) in [5.41, 5.74) is 1.18. The normalized spacial score (nSPS) is 19.7. The topological polar surface area (TPSA) is 90.0 Å². The Morgan fingerprint density at radius 2 is 1.82 bits per heavy atom. The highest BCUT2D eigenvalue weighted by molar-refractivity contribution is 7.91. The summed E-state index contributed by atoms with van der Waals surface area (Å²) in [6.45, 7) is 7.48. The van der Waals surface area contributed by atoms with Crippen molar-refractivity contribution in [1.82, 2.24) is 4.90 Å². The molecule has 0 spiro atoms. The van der Waals surface area contributed by atoms with Crippen molar-refractivity contribution in [2.45, 2.75) is 51.7 Å². The van der Waals surface area contributed by atoms with Gasteiger partial charge in [0, 0.05) is 13.1 Å². The molecule has 2 rings (SSSR count). The number of nitrogens with zero attached hydrogens (tertiary/aromatic N) is 1. The van der Waals surface area contributed by atoms with Gasteiger partial charge in [0.2, 0.25) is 0 Å². The molecule has 0 saturated carbocycles. The Morgan fingerprint density at radius 1 is 1.21 bits per heavy atom. The van der Waals surface area contributed by atoms with Crippen LogP contribution in [0.5, 0.6) is 5.75 Å². The van der Waals surface area contributed by atoms with E-state index in [1.807, 2.05) is 12.1 Å². The third kappa shape index (κ3) is 5.95. The summed E-state index contributed by atoms with van der Waals surface area (Å²) in [5.74, 6) is -0.523. The highest BCUT2D eigenvalue weighted by Crippen LogP contribution is 2.24. The van der Waals surface area contributed by atoms with E-state index in [4.69, 9.17) is 9.47 Å². The van der Waals surface area contributed by atoms with Gasteiger partial charge in [-0.3, -0.25) is 4.79 Å².